The van der Waals surface area contributed by atoms with Gasteiger partial charge >= 0.3 is 0 Å². The summed E-state index contributed by atoms with van der Waals surface area (Å²) in [5.74, 6) is 1.06. The van der Waals surface area contributed by atoms with Crippen molar-refractivity contribution in [2.24, 2.45) is 0 Å². The minimum absolute atomic E-state index is 0.141. The predicted octanol–water partition coefficient (Wildman–Crippen LogP) is 2.95. The largest absolute Gasteiger partial charge is 0.458 e. The molecule has 2 heterocycles. The Morgan fingerprint density at radius 2 is 1.90 bits per heavy atom. The zero-order valence-corrected chi connectivity index (χ0v) is 11.3. The number of amides is 1. The molecule has 0 aliphatic carbocycles. The normalized spacial score (nSPS) is 14.8. The third kappa shape index (κ3) is 2.25. The smallest absolute Gasteiger partial charge is 0.228 e. The minimum Gasteiger partial charge on any atom is -0.458 e. The van der Waals surface area contributed by atoms with Crippen LogP contribution in [0.5, 0.6) is 0 Å². The van der Waals surface area contributed by atoms with E-state index >= 15 is 0 Å². The first-order valence-corrected chi connectivity index (χ1v) is 6.67. The van der Waals surface area contributed by atoms with Crippen molar-refractivity contribution in [2.45, 2.75) is 19.8 Å². The van der Waals surface area contributed by atoms with E-state index in [1.807, 2.05) is 12.1 Å². The van der Waals surface area contributed by atoms with Crippen molar-refractivity contribution in [3.05, 3.63) is 53.5 Å². The van der Waals surface area contributed by atoms with Crippen LogP contribution in [0, 0.1) is 6.92 Å². The van der Waals surface area contributed by atoms with Crippen LogP contribution in [-0.2, 0) is 4.79 Å². The van der Waals surface area contributed by atoms with Gasteiger partial charge in [-0.1, -0.05) is 0 Å². The first-order valence-electron chi connectivity index (χ1n) is 6.67. The van der Waals surface area contributed by atoms with Crippen molar-refractivity contribution in [3.8, 4) is 0 Å². The fourth-order valence-corrected chi connectivity index (χ4v) is 2.41. The Balaban J connectivity index is 1.82. The van der Waals surface area contributed by atoms with Gasteiger partial charge in [0.25, 0.3) is 0 Å². The number of hydrogen-bond donors (Lipinski definition) is 0. The summed E-state index contributed by atoms with van der Waals surface area (Å²) >= 11 is 0. The maximum absolute atomic E-state index is 12.2. The number of anilines is 1. The number of rotatable bonds is 3. The van der Waals surface area contributed by atoms with E-state index in [0.717, 1.165) is 18.7 Å². The fourth-order valence-electron chi connectivity index (χ4n) is 2.41. The molecule has 0 saturated carbocycles. The molecule has 0 bridgehead atoms. The van der Waals surface area contributed by atoms with E-state index in [4.69, 9.17) is 4.42 Å². The SMILES string of the molecule is Cc1ccc(C(=O)c2ccc(N3CCCC3=O)cc2)o1. The Morgan fingerprint density at radius 1 is 1.15 bits per heavy atom. The number of benzene rings is 1. The number of carbonyl (C=O) groups is 2. The van der Waals surface area contributed by atoms with Crippen LogP contribution in [0.2, 0.25) is 0 Å². The zero-order chi connectivity index (χ0) is 14.1. The summed E-state index contributed by atoms with van der Waals surface area (Å²) in [5.41, 5.74) is 1.41. The average Bonchev–Trinajstić information content (AvgIpc) is 3.07. The van der Waals surface area contributed by atoms with Gasteiger partial charge in [0.15, 0.2) is 5.76 Å². The molecule has 3 rings (SSSR count). The molecule has 1 aromatic heterocycles. The number of nitrogens with zero attached hydrogens (tertiary/aromatic N) is 1. The zero-order valence-electron chi connectivity index (χ0n) is 11.3. The summed E-state index contributed by atoms with van der Waals surface area (Å²) < 4.78 is 5.33. The monoisotopic (exact) mass is 269 g/mol. The lowest BCUT2D eigenvalue weighted by Crippen LogP contribution is -2.23. The quantitative estimate of drug-likeness (QED) is 0.805. The Morgan fingerprint density at radius 3 is 2.45 bits per heavy atom. The van der Waals surface area contributed by atoms with Crippen LogP contribution in [0.1, 0.15) is 34.7 Å². The molecule has 1 aliphatic heterocycles. The highest BCUT2D eigenvalue weighted by Crippen LogP contribution is 2.22. The van der Waals surface area contributed by atoms with E-state index in [2.05, 4.69) is 0 Å². The second-order valence-electron chi connectivity index (χ2n) is 4.94. The van der Waals surface area contributed by atoms with Crippen LogP contribution >= 0.6 is 0 Å². The van der Waals surface area contributed by atoms with Gasteiger partial charge in [-0.05, 0) is 49.7 Å². The van der Waals surface area contributed by atoms with E-state index in [1.165, 1.54) is 0 Å². The van der Waals surface area contributed by atoms with Gasteiger partial charge < -0.3 is 9.32 Å². The minimum atomic E-state index is -0.141. The number of furan rings is 1. The van der Waals surface area contributed by atoms with Crippen LogP contribution in [0.15, 0.2) is 40.8 Å². The maximum atomic E-state index is 12.2. The molecule has 0 radical (unpaired) electrons. The van der Waals surface area contributed by atoms with E-state index < -0.39 is 0 Å². The highest BCUT2D eigenvalue weighted by atomic mass is 16.3. The van der Waals surface area contributed by atoms with E-state index in [1.54, 1.807) is 36.1 Å². The second kappa shape index (κ2) is 4.96. The van der Waals surface area contributed by atoms with E-state index in [-0.39, 0.29) is 11.7 Å². The molecule has 0 spiro atoms. The lowest BCUT2D eigenvalue weighted by atomic mass is 10.1. The van der Waals surface area contributed by atoms with Crippen molar-refractivity contribution in [3.63, 3.8) is 0 Å². The summed E-state index contributed by atoms with van der Waals surface area (Å²) in [6.07, 6.45) is 1.50. The molecule has 1 aromatic carbocycles. The third-order valence-electron chi connectivity index (χ3n) is 3.48. The first kappa shape index (κ1) is 12.7. The molecule has 4 nitrogen and oxygen atoms in total. The van der Waals surface area contributed by atoms with Crippen LogP contribution in [0.3, 0.4) is 0 Å². The maximum Gasteiger partial charge on any atom is 0.228 e. The van der Waals surface area contributed by atoms with Gasteiger partial charge in [-0.15, -0.1) is 0 Å². The van der Waals surface area contributed by atoms with Gasteiger partial charge in [0.05, 0.1) is 0 Å². The van der Waals surface area contributed by atoms with Gasteiger partial charge in [0.1, 0.15) is 5.76 Å². The van der Waals surface area contributed by atoms with E-state index in [0.29, 0.717) is 23.5 Å². The molecule has 0 N–H and O–H groups in total. The Hall–Kier alpha value is -2.36. The molecular formula is C16H15NO3. The van der Waals surface area contributed by atoms with Crippen LogP contribution in [0.25, 0.3) is 0 Å². The highest BCUT2D eigenvalue weighted by Gasteiger charge is 2.22. The van der Waals surface area contributed by atoms with Crippen molar-refractivity contribution < 1.29 is 14.0 Å². The van der Waals surface area contributed by atoms with E-state index in [9.17, 15) is 9.59 Å². The van der Waals surface area contributed by atoms with Crippen molar-refractivity contribution in [1.82, 2.24) is 0 Å². The topological polar surface area (TPSA) is 50.5 Å². The molecule has 0 unspecified atom stereocenters. The molecule has 1 aliphatic rings. The highest BCUT2D eigenvalue weighted by molar-refractivity contribution is 6.07. The molecule has 102 valence electrons. The molecule has 2 aromatic rings. The Kier molecular flexibility index (Phi) is 3.14. The van der Waals surface area contributed by atoms with Gasteiger partial charge in [-0.3, -0.25) is 9.59 Å². The number of hydrogen-bond acceptors (Lipinski definition) is 3. The second-order valence-corrected chi connectivity index (χ2v) is 4.94. The summed E-state index contributed by atoms with van der Waals surface area (Å²) in [5, 5.41) is 0. The number of aryl methyl sites for hydroxylation is 1. The lowest BCUT2D eigenvalue weighted by Gasteiger charge is -2.15. The Bertz CT molecular complexity index is 655. The first-order chi connectivity index (χ1) is 9.65. The molecule has 1 amide bonds. The summed E-state index contributed by atoms with van der Waals surface area (Å²) in [4.78, 5) is 25.6. The molecule has 1 saturated heterocycles. The summed E-state index contributed by atoms with van der Waals surface area (Å²) in [6.45, 7) is 2.56. The molecule has 1 fully saturated rings. The predicted molar refractivity (Wildman–Crippen MR) is 74.9 cm³/mol. The summed E-state index contributed by atoms with van der Waals surface area (Å²) in [7, 11) is 0. The van der Waals surface area contributed by atoms with Crippen molar-refractivity contribution in [1.29, 1.82) is 0 Å². The Labute approximate surface area is 117 Å². The molecule has 20 heavy (non-hydrogen) atoms. The third-order valence-corrected chi connectivity index (χ3v) is 3.48. The van der Waals surface area contributed by atoms with Crippen molar-refractivity contribution in [2.75, 3.05) is 11.4 Å². The summed E-state index contributed by atoms with van der Waals surface area (Å²) in [6, 6.07) is 10.5. The lowest BCUT2D eigenvalue weighted by molar-refractivity contribution is -0.117. The van der Waals surface area contributed by atoms with Crippen LogP contribution in [-0.4, -0.2) is 18.2 Å². The fraction of sp³-hybridized carbons (Fsp3) is 0.250. The molecule has 0 atom stereocenters. The average molecular weight is 269 g/mol. The van der Waals surface area contributed by atoms with Gasteiger partial charge in [-0.2, -0.15) is 0 Å². The molecular weight excluding hydrogens is 254 g/mol. The molecule has 4 heteroatoms. The van der Waals surface area contributed by atoms with Crippen LogP contribution in [0.4, 0.5) is 5.69 Å². The van der Waals surface area contributed by atoms with Gasteiger partial charge in [0.2, 0.25) is 11.7 Å². The number of ketones is 1. The van der Waals surface area contributed by atoms with Crippen LogP contribution < -0.4 is 4.90 Å². The van der Waals surface area contributed by atoms with Gasteiger partial charge in [-0.25, -0.2) is 0 Å². The standard InChI is InChI=1S/C16H15NO3/c1-11-4-9-14(20-11)16(19)12-5-7-13(8-6-12)17-10-2-3-15(17)18/h4-9H,2-3,10H2,1H3. The van der Waals surface area contributed by atoms with Crippen molar-refractivity contribution >= 4 is 17.4 Å². The number of carbonyl (C=O) groups excluding carboxylic acids is 2. The van der Waals surface area contributed by atoms with Gasteiger partial charge in [0, 0.05) is 24.2 Å².